The number of aliphatic imine (C=N–C) groups is 1. The van der Waals surface area contributed by atoms with Crippen molar-refractivity contribution in [2.24, 2.45) is 10.9 Å². The van der Waals surface area contributed by atoms with Crippen molar-refractivity contribution in [2.75, 3.05) is 25.4 Å². The zero-order chi connectivity index (χ0) is 19.1. The predicted molar refractivity (Wildman–Crippen MR) is 112 cm³/mol. The molecule has 0 spiro atoms. The van der Waals surface area contributed by atoms with Gasteiger partial charge < -0.3 is 14.7 Å². The Labute approximate surface area is 166 Å². The fraction of sp³-hybridized carbons (Fsp3) is 0.524. The van der Waals surface area contributed by atoms with Crippen LogP contribution in [0.5, 0.6) is 0 Å². The Morgan fingerprint density at radius 2 is 2.19 bits per heavy atom. The van der Waals surface area contributed by atoms with E-state index < -0.39 is 0 Å². The van der Waals surface area contributed by atoms with Gasteiger partial charge in [0.05, 0.1) is 5.69 Å². The molecule has 0 saturated carbocycles. The molecule has 1 aliphatic heterocycles. The number of hydrogen-bond acceptors (Lipinski definition) is 4. The summed E-state index contributed by atoms with van der Waals surface area (Å²) in [6, 6.07) is 12.7. The molecule has 27 heavy (non-hydrogen) atoms. The molecule has 1 N–H and O–H groups in total. The lowest BCUT2D eigenvalue weighted by molar-refractivity contribution is 0.375. The summed E-state index contributed by atoms with van der Waals surface area (Å²) in [5.74, 6) is 4.02. The molecule has 5 nitrogen and oxygen atoms in total. The molecule has 0 radical (unpaired) electrons. The maximum Gasteiger partial charge on any atom is 0.194 e. The van der Waals surface area contributed by atoms with Crippen molar-refractivity contribution in [1.29, 1.82) is 0 Å². The van der Waals surface area contributed by atoms with Gasteiger partial charge in [-0.2, -0.15) is 0 Å². The first-order valence-corrected chi connectivity index (χ1v) is 10.8. The normalized spacial score (nSPS) is 17.7. The second-order valence-electron chi connectivity index (χ2n) is 7.27. The number of nitrogens with zero attached hydrogens (tertiary/aromatic N) is 3. The minimum atomic E-state index is 0.376. The van der Waals surface area contributed by atoms with Crippen LogP contribution in [0.3, 0.4) is 0 Å². The van der Waals surface area contributed by atoms with Crippen molar-refractivity contribution in [3.8, 4) is 0 Å². The summed E-state index contributed by atoms with van der Waals surface area (Å²) in [6.45, 7) is 9.85. The molecule has 0 bridgehead atoms. The van der Waals surface area contributed by atoms with Crippen LogP contribution in [0.1, 0.15) is 44.6 Å². The minimum Gasteiger partial charge on any atom is -0.359 e. The number of thioether (sulfide) groups is 1. The molecule has 1 saturated heterocycles. The fourth-order valence-corrected chi connectivity index (χ4v) is 4.20. The smallest absolute Gasteiger partial charge is 0.194 e. The number of hydrogen-bond donors (Lipinski definition) is 1. The van der Waals surface area contributed by atoms with E-state index in [1.165, 1.54) is 11.3 Å². The number of nitrogens with one attached hydrogen (secondary N) is 1. The average molecular weight is 387 g/mol. The van der Waals surface area contributed by atoms with Gasteiger partial charge in [0, 0.05) is 36.3 Å². The molecule has 1 aliphatic rings. The summed E-state index contributed by atoms with van der Waals surface area (Å²) in [4.78, 5) is 8.51. The lowest BCUT2D eigenvalue weighted by Crippen LogP contribution is -2.40. The number of benzene rings is 1. The van der Waals surface area contributed by atoms with Crippen LogP contribution in [0.4, 0.5) is 0 Å². The molecular formula is C21H30N4OS. The van der Waals surface area contributed by atoms with Gasteiger partial charge in [-0.25, -0.2) is 4.99 Å². The third-order valence-electron chi connectivity index (χ3n) is 4.70. The second-order valence-corrected chi connectivity index (χ2v) is 8.36. The van der Waals surface area contributed by atoms with Gasteiger partial charge in [0.2, 0.25) is 0 Å². The van der Waals surface area contributed by atoms with Crippen LogP contribution in [0, 0.1) is 5.92 Å². The zero-order valence-electron chi connectivity index (χ0n) is 16.5. The Morgan fingerprint density at radius 3 is 2.89 bits per heavy atom. The van der Waals surface area contributed by atoms with E-state index in [4.69, 9.17) is 9.52 Å². The number of guanidine groups is 1. The third kappa shape index (κ3) is 5.76. The fourth-order valence-electron chi connectivity index (χ4n) is 3.15. The molecule has 2 heterocycles. The first-order chi connectivity index (χ1) is 13.2. The molecule has 1 atom stereocenters. The molecule has 0 amide bonds. The molecule has 3 rings (SSSR count). The quantitative estimate of drug-likeness (QED) is 0.435. The van der Waals surface area contributed by atoms with Gasteiger partial charge in [-0.3, -0.25) is 0 Å². The maximum atomic E-state index is 5.42. The molecule has 6 heteroatoms. The highest BCUT2D eigenvalue weighted by molar-refractivity contribution is 7.99. The highest BCUT2D eigenvalue weighted by Gasteiger charge is 2.25. The molecule has 146 valence electrons. The van der Waals surface area contributed by atoms with E-state index in [1.807, 2.05) is 17.8 Å². The first-order valence-electron chi connectivity index (χ1n) is 9.82. The SMILES string of the molecule is CCNC(=NCc1cc(C(C)C)no1)N1CCC(CSc2ccccc2)C1. The molecule has 1 aromatic heterocycles. The van der Waals surface area contributed by atoms with Crippen molar-refractivity contribution in [3.05, 3.63) is 47.9 Å². The molecule has 2 aromatic rings. The van der Waals surface area contributed by atoms with Gasteiger partial charge in [-0.15, -0.1) is 11.8 Å². The van der Waals surface area contributed by atoms with Crippen molar-refractivity contribution in [3.63, 3.8) is 0 Å². The van der Waals surface area contributed by atoms with Crippen LogP contribution >= 0.6 is 11.8 Å². The van der Waals surface area contributed by atoms with Gasteiger partial charge in [0.15, 0.2) is 11.7 Å². The summed E-state index contributed by atoms with van der Waals surface area (Å²) < 4.78 is 5.42. The van der Waals surface area contributed by atoms with E-state index in [0.717, 1.165) is 42.8 Å². The Bertz CT molecular complexity index is 729. The second kappa shape index (κ2) is 9.83. The summed E-state index contributed by atoms with van der Waals surface area (Å²) in [7, 11) is 0. The van der Waals surface area contributed by atoms with E-state index in [-0.39, 0.29) is 0 Å². The Balaban J connectivity index is 1.54. The predicted octanol–water partition coefficient (Wildman–Crippen LogP) is 4.38. The maximum absolute atomic E-state index is 5.42. The van der Waals surface area contributed by atoms with Crippen LogP contribution in [0.2, 0.25) is 0 Å². The molecule has 1 unspecified atom stereocenters. The topological polar surface area (TPSA) is 53.7 Å². The summed E-state index contributed by atoms with van der Waals surface area (Å²) in [5.41, 5.74) is 0.990. The summed E-state index contributed by atoms with van der Waals surface area (Å²) >= 11 is 1.95. The van der Waals surface area contributed by atoms with Crippen LogP contribution in [-0.4, -0.2) is 41.4 Å². The zero-order valence-corrected chi connectivity index (χ0v) is 17.3. The Morgan fingerprint density at radius 1 is 1.37 bits per heavy atom. The highest BCUT2D eigenvalue weighted by Crippen LogP contribution is 2.26. The molecule has 1 fully saturated rings. The van der Waals surface area contributed by atoms with E-state index >= 15 is 0 Å². The van der Waals surface area contributed by atoms with E-state index in [9.17, 15) is 0 Å². The van der Waals surface area contributed by atoms with Crippen LogP contribution < -0.4 is 5.32 Å². The third-order valence-corrected chi connectivity index (χ3v) is 5.95. The van der Waals surface area contributed by atoms with Crippen LogP contribution in [0.15, 0.2) is 50.8 Å². The van der Waals surface area contributed by atoms with E-state index in [0.29, 0.717) is 18.4 Å². The number of aromatic nitrogens is 1. The van der Waals surface area contributed by atoms with Gasteiger partial charge in [-0.05, 0) is 37.3 Å². The lowest BCUT2D eigenvalue weighted by Gasteiger charge is -2.21. The largest absolute Gasteiger partial charge is 0.359 e. The van der Waals surface area contributed by atoms with Gasteiger partial charge in [0.25, 0.3) is 0 Å². The number of likely N-dealkylation sites (tertiary alicyclic amines) is 1. The summed E-state index contributed by atoms with van der Waals surface area (Å²) in [6.07, 6.45) is 1.21. The molecule has 0 aliphatic carbocycles. The molecule has 1 aromatic carbocycles. The summed E-state index contributed by atoms with van der Waals surface area (Å²) in [5, 5.41) is 7.55. The van der Waals surface area contributed by atoms with Gasteiger partial charge >= 0.3 is 0 Å². The Hall–Kier alpha value is -1.95. The first kappa shape index (κ1) is 19.8. The van der Waals surface area contributed by atoms with Crippen molar-refractivity contribution in [2.45, 2.75) is 44.6 Å². The monoisotopic (exact) mass is 386 g/mol. The highest BCUT2D eigenvalue weighted by atomic mass is 32.2. The molecular weight excluding hydrogens is 356 g/mol. The standard InChI is InChI=1S/C21H30N4OS/c1-4-22-21(23-13-18-12-20(16(2)3)24-26-18)25-11-10-17(14-25)15-27-19-8-6-5-7-9-19/h5-9,12,16-17H,4,10-11,13-15H2,1-3H3,(H,22,23). The van der Waals surface area contributed by atoms with Gasteiger partial charge in [-0.1, -0.05) is 37.2 Å². The van der Waals surface area contributed by atoms with Gasteiger partial charge in [0.1, 0.15) is 6.54 Å². The Kier molecular flexibility index (Phi) is 7.21. The van der Waals surface area contributed by atoms with E-state index in [2.05, 4.69) is 66.5 Å². The number of rotatable bonds is 7. The van der Waals surface area contributed by atoms with Crippen molar-refractivity contribution < 1.29 is 4.52 Å². The van der Waals surface area contributed by atoms with Crippen molar-refractivity contribution in [1.82, 2.24) is 15.4 Å². The van der Waals surface area contributed by atoms with Crippen molar-refractivity contribution >= 4 is 17.7 Å². The minimum absolute atomic E-state index is 0.376. The van der Waals surface area contributed by atoms with Crippen LogP contribution in [0.25, 0.3) is 0 Å². The average Bonchev–Trinajstić information content (AvgIpc) is 3.34. The van der Waals surface area contributed by atoms with Crippen LogP contribution in [-0.2, 0) is 6.54 Å². The van der Waals surface area contributed by atoms with E-state index in [1.54, 1.807) is 0 Å². The lowest BCUT2D eigenvalue weighted by atomic mass is 10.1.